The maximum absolute atomic E-state index is 13.0. The van der Waals surface area contributed by atoms with Gasteiger partial charge in [0.2, 0.25) is 0 Å². The Labute approximate surface area is 120 Å². The van der Waals surface area contributed by atoms with Crippen LogP contribution in [0.4, 0.5) is 4.39 Å². The molecule has 0 aliphatic heterocycles. The van der Waals surface area contributed by atoms with Crippen LogP contribution in [0.2, 0.25) is 0 Å². The molecular weight excluding hydrogens is 277 g/mol. The van der Waals surface area contributed by atoms with E-state index < -0.39 is 23.7 Å². The fourth-order valence-corrected chi connectivity index (χ4v) is 1.92. The number of halogens is 1. The molecule has 0 saturated carbocycles. The van der Waals surface area contributed by atoms with Crippen LogP contribution in [-0.2, 0) is 4.79 Å². The average molecular weight is 291 g/mol. The Kier molecular flexibility index (Phi) is 4.71. The van der Waals surface area contributed by atoms with Gasteiger partial charge in [-0.05, 0) is 36.2 Å². The van der Waals surface area contributed by atoms with E-state index in [1.807, 2.05) is 0 Å². The predicted octanol–water partition coefficient (Wildman–Crippen LogP) is 2.75. The molecule has 1 aromatic carbocycles. The van der Waals surface area contributed by atoms with Crippen molar-refractivity contribution in [2.75, 3.05) is 0 Å². The molecule has 0 spiro atoms. The quantitative estimate of drug-likeness (QED) is 0.857. The lowest BCUT2D eigenvalue weighted by Gasteiger charge is -2.18. The minimum Gasteiger partial charge on any atom is -0.481 e. The van der Waals surface area contributed by atoms with Gasteiger partial charge in [0, 0.05) is 6.42 Å². The molecule has 2 N–H and O–H groups in total. The first-order valence-corrected chi connectivity index (χ1v) is 6.38. The minimum atomic E-state index is -0.964. The number of carboxylic acids is 1. The highest BCUT2D eigenvalue weighted by Crippen LogP contribution is 2.20. The molecule has 6 heteroatoms. The number of nitrogens with one attached hydrogen (secondary N) is 1. The fourth-order valence-electron chi connectivity index (χ4n) is 1.92. The Balaban J connectivity index is 2.13. The maximum atomic E-state index is 13.0. The molecule has 21 heavy (non-hydrogen) atoms. The zero-order chi connectivity index (χ0) is 15.2. The number of benzene rings is 1. The van der Waals surface area contributed by atoms with Gasteiger partial charge in [-0.25, -0.2) is 4.39 Å². The van der Waals surface area contributed by atoms with Crippen LogP contribution in [0.3, 0.4) is 0 Å². The maximum Gasteiger partial charge on any atom is 0.303 e. The predicted molar refractivity (Wildman–Crippen MR) is 72.2 cm³/mol. The topological polar surface area (TPSA) is 79.5 Å². The summed E-state index contributed by atoms with van der Waals surface area (Å²) >= 11 is 0. The van der Waals surface area contributed by atoms with Gasteiger partial charge >= 0.3 is 5.97 Å². The van der Waals surface area contributed by atoms with E-state index in [-0.39, 0.29) is 18.6 Å². The molecule has 1 amide bonds. The number of carboxylic acid groups (broad SMARTS) is 1. The fraction of sp³-hybridized carbons (Fsp3) is 0.200. The van der Waals surface area contributed by atoms with Crippen LogP contribution in [0.1, 0.15) is 35.0 Å². The van der Waals surface area contributed by atoms with Gasteiger partial charge in [-0.1, -0.05) is 12.1 Å². The molecule has 0 aliphatic carbocycles. The molecule has 110 valence electrons. The minimum absolute atomic E-state index is 0.111. The summed E-state index contributed by atoms with van der Waals surface area (Å²) in [4.78, 5) is 22.7. The number of hydrogen-bond donors (Lipinski definition) is 2. The zero-order valence-electron chi connectivity index (χ0n) is 11.1. The van der Waals surface area contributed by atoms with E-state index in [2.05, 4.69) is 5.32 Å². The number of amides is 1. The Morgan fingerprint density at radius 1 is 1.24 bits per heavy atom. The van der Waals surface area contributed by atoms with Gasteiger partial charge in [0.25, 0.3) is 5.91 Å². The smallest absolute Gasteiger partial charge is 0.303 e. The molecule has 0 aliphatic rings. The van der Waals surface area contributed by atoms with Gasteiger partial charge in [-0.15, -0.1) is 0 Å². The summed E-state index contributed by atoms with van der Waals surface area (Å²) < 4.78 is 17.9. The highest BCUT2D eigenvalue weighted by molar-refractivity contribution is 5.91. The van der Waals surface area contributed by atoms with Gasteiger partial charge in [-0.3, -0.25) is 9.59 Å². The second kappa shape index (κ2) is 6.69. The van der Waals surface area contributed by atoms with Crippen molar-refractivity contribution >= 4 is 11.9 Å². The van der Waals surface area contributed by atoms with Gasteiger partial charge in [0.1, 0.15) is 5.82 Å². The van der Waals surface area contributed by atoms with Crippen LogP contribution >= 0.6 is 0 Å². The summed E-state index contributed by atoms with van der Waals surface area (Å²) in [5.74, 6) is -1.67. The third-order valence-electron chi connectivity index (χ3n) is 2.97. The van der Waals surface area contributed by atoms with Crippen LogP contribution in [-0.4, -0.2) is 17.0 Å². The molecule has 0 radical (unpaired) electrons. The Morgan fingerprint density at radius 3 is 2.52 bits per heavy atom. The van der Waals surface area contributed by atoms with Crippen molar-refractivity contribution in [2.24, 2.45) is 0 Å². The van der Waals surface area contributed by atoms with Crippen molar-refractivity contribution in [2.45, 2.75) is 18.9 Å². The molecule has 0 bridgehead atoms. The monoisotopic (exact) mass is 291 g/mol. The Morgan fingerprint density at radius 2 is 1.95 bits per heavy atom. The SMILES string of the molecule is O=C(O)CCC(NC(=O)c1ccco1)c1ccc(F)cc1. The van der Waals surface area contributed by atoms with Crippen LogP contribution in [0.25, 0.3) is 0 Å². The Hall–Kier alpha value is -2.63. The molecule has 5 nitrogen and oxygen atoms in total. The lowest BCUT2D eigenvalue weighted by atomic mass is 10.0. The first-order valence-electron chi connectivity index (χ1n) is 6.38. The van der Waals surface area contributed by atoms with Gasteiger partial charge in [0.05, 0.1) is 12.3 Å². The van der Waals surface area contributed by atoms with E-state index in [1.165, 1.54) is 36.6 Å². The largest absolute Gasteiger partial charge is 0.481 e. The summed E-state index contributed by atoms with van der Waals surface area (Å²) in [6, 6.07) is 8.13. The number of furan rings is 1. The molecule has 1 atom stereocenters. The van der Waals surface area contributed by atoms with E-state index >= 15 is 0 Å². The summed E-state index contributed by atoms with van der Waals surface area (Å²) in [5, 5.41) is 11.5. The van der Waals surface area contributed by atoms with E-state index in [0.717, 1.165) is 0 Å². The van der Waals surface area contributed by atoms with Crippen molar-refractivity contribution in [1.82, 2.24) is 5.32 Å². The van der Waals surface area contributed by atoms with Crippen LogP contribution in [0, 0.1) is 5.82 Å². The number of rotatable bonds is 6. The van der Waals surface area contributed by atoms with Gasteiger partial charge in [-0.2, -0.15) is 0 Å². The van der Waals surface area contributed by atoms with Crippen LogP contribution in [0.15, 0.2) is 47.1 Å². The molecule has 0 fully saturated rings. The zero-order valence-corrected chi connectivity index (χ0v) is 11.1. The Bertz CT molecular complexity index is 607. The number of aliphatic carboxylic acids is 1. The number of hydrogen-bond acceptors (Lipinski definition) is 3. The van der Waals surface area contributed by atoms with Crippen molar-refractivity contribution in [1.29, 1.82) is 0 Å². The number of carbonyl (C=O) groups excluding carboxylic acids is 1. The van der Waals surface area contributed by atoms with Crippen LogP contribution in [0.5, 0.6) is 0 Å². The summed E-state index contributed by atoms with van der Waals surface area (Å²) in [5.41, 5.74) is 0.637. The third-order valence-corrected chi connectivity index (χ3v) is 2.97. The van der Waals surface area contributed by atoms with E-state index in [1.54, 1.807) is 6.07 Å². The van der Waals surface area contributed by atoms with Gasteiger partial charge in [0.15, 0.2) is 5.76 Å². The molecule has 1 heterocycles. The van der Waals surface area contributed by atoms with Crippen molar-refractivity contribution in [3.63, 3.8) is 0 Å². The molecule has 0 saturated heterocycles. The van der Waals surface area contributed by atoms with Crippen molar-refractivity contribution in [3.05, 3.63) is 59.8 Å². The third kappa shape index (κ3) is 4.17. The first kappa shape index (κ1) is 14.8. The van der Waals surface area contributed by atoms with Crippen LogP contribution < -0.4 is 5.32 Å². The molecule has 1 aromatic heterocycles. The first-order chi connectivity index (χ1) is 10.1. The lowest BCUT2D eigenvalue weighted by Crippen LogP contribution is -2.28. The van der Waals surface area contributed by atoms with E-state index in [9.17, 15) is 14.0 Å². The van der Waals surface area contributed by atoms with E-state index in [4.69, 9.17) is 9.52 Å². The number of carbonyl (C=O) groups is 2. The van der Waals surface area contributed by atoms with Gasteiger partial charge < -0.3 is 14.8 Å². The highest BCUT2D eigenvalue weighted by atomic mass is 19.1. The average Bonchev–Trinajstić information content (AvgIpc) is 2.98. The molecule has 2 rings (SSSR count). The summed E-state index contributed by atoms with van der Waals surface area (Å²) in [6.07, 6.45) is 1.47. The lowest BCUT2D eigenvalue weighted by molar-refractivity contribution is -0.137. The summed E-state index contributed by atoms with van der Waals surface area (Å²) in [7, 11) is 0. The summed E-state index contributed by atoms with van der Waals surface area (Å²) in [6.45, 7) is 0. The normalized spacial score (nSPS) is 11.9. The second-order valence-electron chi connectivity index (χ2n) is 4.49. The molecular formula is C15H14FNO4. The van der Waals surface area contributed by atoms with Crippen molar-refractivity contribution in [3.8, 4) is 0 Å². The molecule has 1 unspecified atom stereocenters. The molecule has 2 aromatic rings. The standard InChI is InChI=1S/C15H14FNO4/c16-11-5-3-10(4-6-11)12(7-8-14(18)19)17-15(20)13-2-1-9-21-13/h1-6,9,12H,7-8H2,(H,17,20)(H,18,19). The second-order valence-corrected chi connectivity index (χ2v) is 4.49. The highest BCUT2D eigenvalue weighted by Gasteiger charge is 2.18. The van der Waals surface area contributed by atoms with E-state index in [0.29, 0.717) is 5.56 Å². The van der Waals surface area contributed by atoms with Crippen molar-refractivity contribution < 1.29 is 23.5 Å².